The molecule has 22 heavy (non-hydrogen) atoms. The predicted octanol–water partition coefficient (Wildman–Crippen LogP) is -4.71. The molecule has 11 heteroatoms. The molecule has 0 heterocycles. The van der Waals surface area contributed by atoms with E-state index >= 15 is 0 Å². The molecule has 0 fully saturated rings. The Labute approximate surface area is 125 Å². The molecule has 11 nitrogen and oxygen atoms in total. The van der Waals surface area contributed by atoms with Crippen molar-refractivity contribution in [2.75, 3.05) is 6.61 Å². The van der Waals surface area contributed by atoms with Crippen LogP contribution in [0.15, 0.2) is 0 Å². The fraction of sp³-hybridized carbons (Fsp3) is 0.727. The van der Waals surface area contributed by atoms with Gasteiger partial charge in [-0.25, -0.2) is 0 Å². The van der Waals surface area contributed by atoms with Crippen LogP contribution in [0.4, 0.5) is 0 Å². The first kappa shape index (κ1) is 22.6. The Balaban J connectivity index is 0. The van der Waals surface area contributed by atoms with Crippen LogP contribution in [-0.4, -0.2) is 85.9 Å². The first-order chi connectivity index (χ1) is 10.1. The van der Waals surface area contributed by atoms with Gasteiger partial charge >= 0.3 is 5.97 Å². The normalized spacial score (nSPS) is 17.2. The topological polar surface area (TPSA) is 225 Å². The van der Waals surface area contributed by atoms with Gasteiger partial charge in [-0.2, -0.15) is 0 Å². The van der Waals surface area contributed by atoms with Crippen molar-refractivity contribution in [2.45, 2.75) is 43.3 Å². The van der Waals surface area contributed by atoms with Gasteiger partial charge in [0.1, 0.15) is 30.5 Å². The number of rotatable bonds is 9. The van der Waals surface area contributed by atoms with Gasteiger partial charge in [-0.1, -0.05) is 0 Å². The predicted molar refractivity (Wildman–Crippen MR) is 71.2 cm³/mol. The molecular formula is C11H22N2O9. The van der Waals surface area contributed by atoms with Crippen molar-refractivity contribution in [3.05, 3.63) is 0 Å². The molecule has 0 saturated heterocycles. The molecule has 0 aromatic rings. The Morgan fingerprint density at radius 2 is 1.59 bits per heavy atom. The zero-order valence-corrected chi connectivity index (χ0v) is 11.6. The molecule has 1 amide bonds. The lowest BCUT2D eigenvalue weighted by Crippen LogP contribution is -2.46. The molecule has 0 bridgehead atoms. The Morgan fingerprint density at radius 3 is 1.91 bits per heavy atom. The number of amides is 1. The van der Waals surface area contributed by atoms with E-state index in [2.05, 4.69) is 0 Å². The van der Waals surface area contributed by atoms with Crippen LogP contribution in [0.1, 0.15) is 12.8 Å². The van der Waals surface area contributed by atoms with E-state index in [1.165, 1.54) is 0 Å². The second-order valence-electron chi connectivity index (χ2n) is 4.31. The number of aliphatic hydroxyl groups excluding tert-OH is 5. The molecule has 0 aromatic carbocycles. The number of carbonyl (C=O) groups is 3. The number of hydrogen-bond donors (Lipinski definition) is 8. The number of carboxylic acid groups (broad SMARTS) is 1. The van der Waals surface area contributed by atoms with Crippen LogP contribution in [-0.2, 0) is 14.4 Å². The molecule has 0 spiro atoms. The fourth-order valence-electron chi connectivity index (χ4n) is 1.04. The van der Waals surface area contributed by atoms with Crippen molar-refractivity contribution in [3.63, 3.8) is 0 Å². The van der Waals surface area contributed by atoms with E-state index in [-0.39, 0.29) is 19.1 Å². The van der Waals surface area contributed by atoms with E-state index in [0.717, 1.165) is 0 Å². The second-order valence-corrected chi connectivity index (χ2v) is 4.31. The van der Waals surface area contributed by atoms with Crippen molar-refractivity contribution < 1.29 is 45.0 Å². The smallest absolute Gasteiger partial charge is 0.320 e. The number of hydrogen-bond acceptors (Lipinski definition) is 9. The zero-order chi connectivity index (χ0) is 17.9. The number of aliphatic hydroxyl groups is 5. The Morgan fingerprint density at radius 1 is 1.09 bits per heavy atom. The van der Waals surface area contributed by atoms with Crippen LogP contribution in [0.3, 0.4) is 0 Å². The third-order valence-corrected chi connectivity index (χ3v) is 2.44. The van der Waals surface area contributed by atoms with Crippen LogP contribution in [0.25, 0.3) is 0 Å². The standard InChI is InChI=1S/C6H12O6.C5H10N2O3/c7-1-3(9)5(11)6(12)4(10)2-8;6-3(5(9)10)1-2-4(7)8/h1,3-6,8-12H,2H2;3H,1-2,6H2,(H2,7,8)(H,9,10). The lowest BCUT2D eigenvalue weighted by Gasteiger charge is -2.22. The summed E-state index contributed by atoms with van der Waals surface area (Å²) in [6.45, 7) is -0.760. The van der Waals surface area contributed by atoms with E-state index in [1.54, 1.807) is 0 Å². The summed E-state index contributed by atoms with van der Waals surface area (Å²) in [4.78, 5) is 30.0. The lowest BCUT2D eigenvalue weighted by molar-refractivity contribution is -0.138. The highest BCUT2D eigenvalue weighted by atomic mass is 16.4. The first-order valence-electron chi connectivity index (χ1n) is 6.13. The average molecular weight is 326 g/mol. The maximum Gasteiger partial charge on any atom is 0.320 e. The Kier molecular flexibility index (Phi) is 12.3. The number of aldehydes is 1. The second kappa shape index (κ2) is 12.0. The molecule has 130 valence electrons. The minimum Gasteiger partial charge on any atom is -0.480 e. The molecule has 0 aliphatic carbocycles. The van der Waals surface area contributed by atoms with Crippen molar-refractivity contribution in [1.29, 1.82) is 0 Å². The van der Waals surface area contributed by atoms with Crippen LogP contribution in [0, 0.1) is 0 Å². The number of nitrogens with two attached hydrogens (primary N) is 2. The fourth-order valence-corrected chi connectivity index (χ4v) is 1.04. The zero-order valence-electron chi connectivity index (χ0n) is 11.6. The quantitative estimate of drug-likeness (QED) is 0.189. The summed E-state index contributed by atoms with van der Waals surface area (Å²) in [6, 6.07) is -0.979. The van der Waals surface area contributed by atoms with Crippen molar-refractivity contribution >= 4 is 18.2 Å². The van der Waals surface area contributed by atoms with Crippen LogP contribution in [0.5, 0.6) is 0 Å². The Bertz CT molecular complexity index is 352. The minimum atomic E-state index is -1.79. The van der Waals surface area contributed by atoms with Gasteiger partial charge < -0.3 is 46.9 Å². The highest BCUT2D eigenvalue weighted by molar-refractivity contribution is 5.76. The third kappa shape index (κ3) is 10.1. The summed E-state index contributed by atoms with van der Waals surface area (Å²) in [7, 11) is 0. The van der Waals surface area contributed by atoms with E-state index in [4.69, 9.17) is 42.1 Å². The van der Waals surface area contributed by atoms with Gasteiger partial charge in [-0.05, 0) is 6.42 Å². The molecule has 0 aromatic heterocycles. The summed E-state index contributed by atoms with van der Waals surface area (Å²) in [5.74, 6) is -1.64. The maximum atomic E-state index is 10.1. The molecule has 0 rings (SSSR count). The molecular weight excluding hydrogens is 304 g/mol. The van der Waals surface area contributed by atoms with Gasteiger partial charge in [0.2, 0.25) is 5.91 Å². The molecule has 0 aliphatic heterocycles. The van der Waals surface area contributed by atoms with Gasteiger partial charge in [0.05, 0.1) is 6.61 Å². The number of aliphatic carboxylic acids is 1. The molecule has 0 saturated carbocycles. The molecule has 0 aliphatic rings. The summed E-state index contributed by atoms with van der Waals surface area (Å²) in [5.41, 5.74) is 9.81. The van der Waals surface area contributed by atoms with Crippen molar-refractivity contribution in [1.82, 2.24) is 0 Å². The summed E-state index contributed by atoms with van der Waals surface area (Å²) < 4.78 is 0. The highest BCUT2D eigenvalue weighted by Gasteiger charge is 2.29. The van der Waals surface area contributed by atoms with Gasteiger partial charge in [0.25, 0.3) is 0 Å². The van der Waals surface area contributed by atoms with E-state index < -0.39 is 48.9 Å². The van der Waals surface area contributed by atoms with Crippen molar-refractivity contribution in [2.24, 2.45) is 11.5 Å². The number of carboxylic acids is 1. The van der Waals surface area contributed by atoms with Gasteiger partial charge in [0, 0.05) is 6.42 Å². The van der Waals surface area contributed by atoms with E-state index in [1.807, 2.05) is 0 Å². The number of primary amides is 1. The summed E-state index contributed by atoms with van der Waals surface area (Å²) >= 11 is 0. The van der Waals surface area contributed by atoms with Gasteiger partial charge in [-0.3, -0.25) is 9.59 Å². The Hall–Kier alpha value is -1.63. The van der Waals surface area contributed by atoms with Crippen LogP contribution in [0.2, 0.25) is 0 Å². The van der Waals surface area contributed by atoms with E-state index in [9.17, 15) is 14.4 Å². The van der Waals surface area contributed by atoms with Gasteiger partial charge in [-0.15, -0.1) is 0 Å². The third-order valence-electron chi connectivity index (χ3n) is 2.44. The summed E-state index contributed by atoms with van der Waals surface area (Å²) in [6.07, 6.45) is -6.72. The SMILES string of the molecule is NC(=O)CCC(N)C(=O)O.O=CC(O)C(O)C(O)C(O)CO. The molecule has 0 radical (unpaired) electrons. The van der Waals surface area contributed by atoms with E-state index in [0.29, 0.717) is 0 Å². The largest absolute Gasteiger partial charge is 0.480 e. The van der Waals surface area contributed by atoms with Crippen LogP contribution >= 0.6 is 0 Å². The minimum absolute atomic E-state index is 0.0213. The lowest BCUT2D eigenvalue weighted by atomic mass is 10.0. The molecule has 10 N–H and O–H groups in total. The maximum absolute atomic E-state index is 10.1. The molecule has 5 unspecified atom stereocenters. The highest BCUT2D eigenvalue weighted by Crippen LogP contribution is 2.02. The van der Waals surface area contributed by atoms with Crippen molar-refractivity contribution in [3.8, 4) is 0 Å². The van der Waals surface area contributed by atoms with Gasteiger partial charge in [0.15, 0.2) is 6.29 Å². The summed E-state index contributed by atoms with van der Waals surface area (Å²) in [5, 5.41) is 51.8. The number of carbonyl (C=O) groups excluding carboxylic acids is 2. The monoisotopic (exact) mass is 326 g/mol. The molecule has 5 atom stereocenters. The van der Waals surface area contributed by atoms with Crippen LogP contribution < -0.4 is 11.5 Å². The average Bonchev–Trinajstić information content (AvgIpc) is 2.49. The first-order valence-corrected chi connectivity index (χ1v) is 6.13.